The summed E-state index contributed by atoms with van der Waals surface area (Å²) in [5.41, 5.74) is 3.12. The molecule has 3 rings (SSSR count). The average molecular weight is 309 g/mol. The molecule has 0 N–H and O–H groups in total. The third-order valence-corrected chi connectivity index (χ3v) is 4.03. The third kappa shape index (κ3) is 3.39. The SMILES string of the molecule is CC(C)(C)OC(=O)N1CCc2ccccc2C1c1ccccc1. The second kappa shape index (κ2) is 6.07. The first kappa shape index (κ1) is 15.6. The second-order valence-electron chi connectivity index (χ2n) is 6.94. The van der Waals surface area contributed by atoms with E-state index in [1.165, 1.54) is 11.1 Å². The molecule has 1 unspecified atom stereocenters. The highest BCUT2D eigenvalue weighted by molar-refractivity contribution is 5.70. The maximum atomic E-state index is 12.7. The van der Waals surface area contributed by atoms with Gasteiger partial charge in [0, 0.05) is 6.54 Å². The van der Waals surface area contributed by atoms with Crippen LogP contribution in [0.1, 0.15) is 43.5 Å². The lowest BCUT2D eigenvalue weighted by Crippen LogP contribution is -2.43. The highest BCUT2D eigenvalue weighted by atomic mass is 16.6. The molecule has 0 aromatic heterocycles. The van der Waals surface area contributed by atoms with Crippen molar-refractivity contribution in [3.8, 4) is 0 Å². The average Bonchev–Trinajstić information content (AvgIpc) is 2.53. The van der Waals surface area contributed by atoms with Crippen molar-refractivity contribution in [3.63, 3.8) is 0 Å². The minimum Gasteiger partial charge on any atom is -0.444 e. The van der Waals surface area contributed by atoms with Crippen LogP contribution in [0.5, 0.6) is 0 Å². The highest BCUT2D eigenvalue weighted by Crippen LogP contribution is 2.35. The Labute approximate surface area is 137 Å². The molecule has 0 spiro atoms. The number of carbonyl (C=O) groups is 1. The topological polar surface area (TPSA) is 29.5 Å². The first-order valence-electron chi connectivity index (χ1n) is 8.08. The minimum atomic E-state index is -0.491. The molecule has 1 aliphatic rings. The van der Waals surface area contributed by atoms with Gasteiger partial charge in [-0.2, -0.15) is 0 Å². The van der Waals surface area contributed by atoms with Crippen LogP contribution in [0.15, 0.2) is 54.6 Å². The van der Waals surface area contributed by atoms with E-state index in [-0.39, 0.29) is 12.1 Å². The van der Waals surface area contributed by atoms with Crippen LogP contribution in [0.25, 0.3) is 0 Å². The largest absolute Gasteiger partial charge is 0.444 e. The van der Waals surface area contributed by atoms with Gasteiger partial charge in [-0.3, -0.25) is 4.90 Å². The molecule has 2 aromatic carbocycles. The number of nitrogens with zero attached hydrogens (tertiary/aromatic N) is 1. The summed E-state index contributed by atoms with van der Waals surface area (Å²) in [6.07, 6.45) is 0.611. The number of amides is 1. The number of rotatable bonds is 1. The van der Waals surface area contributed by atoms with Crippen molar-refractivity contribution in [1.29, 1.82) is 0 Å². The number of ether oxygens (including phenoxy) is 1. The van der Waals surface area contributed by atoms with E-state index in [0.29, 0.717) is 6.54 Å². The van der Waals surface area contributed by atoms with E-state index >= 15 is 0 Å². The molecule has 120 valence electrons. The van der Waals surface area contributed by atoms with Gasteiger partial charge in [0.15, 0.2) is 0 Å². The second-order valence-corrected chi connectivity index (χ2v) is 6.94. The summed E-state index contributed by atoms with van der Waals surface area (Å²) >= 11 is 0. The lowest BCUT2D eigenvalue weighted by Gasteiger charge is -2.38. The molecule has 1 amide bonds. The summed E-state index contributed by atoms with van der Waals surface area (Å²) in [5, 5.41) is 0. The molecule has 0 fully saturated rings. The Bertz CT molecular complexity index is 688. The Hall–Kier alpha value is -2.29. The van der Waals surface area contributed by atoms with Crippen LogP contribution in [0.2, 0.25) is 0 Å². The summed E-state index contributed by atoms with van der Waals surface area (Å²) < 4.78 is 5.63. The fourth-order valence-electron chi connectivity index (χ4n) is 3.08. The third-order valence-electron chi connectivity index (χ3n) is 4.03. The number of hydrogen-bond acceptors (Lipinski definition) is 2. The van der Waals surface area contributed by atoms with Crippen LogP contribution in [-0.2, 0) is 11.2 Å². The Morgan fingerprint density at radius 2 is 1.70 bits per heavy atom. The molecule has 3 nitrogen and oxygen atoms in total. The number of carbonyl (C=O) groups excluding carboxylic acids is 1. The standard InChI is InChI=1S/C20H23NO2/c1-20(2,3)23-19(22)21-14-13-15-9-7-8-12-17(15)18(21)16-10-5-4-6-11-16/h4-12,18H,13-14H2,1-3H3. The molecule has 0 saturated carbocycles. The molecule has 0 saturated heterocycles. The number of benzene rings is 2. The van der Waals surface area contributed by atoms with E-state index in [1.807, 2.05) is 49.9 Å². The van der Waals surface area contributed by atoms with E-state index < -0.39 is 5.60 Å². The maximum absolute atomic E-state index is 12.7. The van der Waals surface area contributed by atoms with Crippen LogP contribution < -0.4 is 0 Å². The zero-order valence-electron chi connectivity index (χ0n) is 14.0. The minimum absolute atomic E-state index is 0.0870. The van der Waals surface area contributed by atoms with Gasteiger partial charge in [0.05, 0.1) is 6.04 Å². The van der Waals surface area contributed by atoms with E-state index in [0.717, 1.165) is 12.0 Å². The molecule has 0 aliphatic carbocycles. The van der Waals surface area contributed by atoms with Gasteiger partial charge < -0.3 is 4.74 Å². The van der Waals surface area contributed by atoms with Gasteiger partial charge in [0.2, 0.25) is 0 Å². The zero-order chi connectivity index (χ0) is 16.4. The predicted molar refractivity (Wildman–Crippen MR) is 91.4 cm³/mol. The molecule has 3 heteroatoms. The Morgan fingerprint density at radius 1 is 1.04 bits per heavy atom. The van der Waals surface area contributed by atoms with Crippen molar-refractivity contribution in [2.45, 2.75) is 38.8 Å². The Kier molecular flexibility index (Phi) is 4.12. The molecular weight excluding hydrogens is 286 g/mol. The van der Waals surface area contributed by atoms with Gasteiger partial charge in [-0.05, 0) is 43.9 Å². The van der Waals surface area contributed by atoms with Gasteiger partial charge in [0.25, 0.3) is 0 Å². The molecular formula is C20H23NO2. The molecule has 1 atom stereocenters. The molecule has 2 aromatic rings. The van der Waals surface area contributed by atoms with Crippen molar-refractivity contribution in [2.24, 2.45) is 0 Å². The fraction of sp³-hybridized carbons (Fsp3) is 0.350. The van der Waals surface area contributed by atoms with Gasteiger partial charge in [-0.1, -0.05) is 54.6 Å². The molecule has 1 aliphatic heterocycles. The van der Waals surface area contributed by atoms with Gasteiger partial charge in [-0.15, -0.1) is 0 Å². The summed E-state index contributed by atoms with van der Waals surface area (Å²) in [6, 6.07) is 18.4. The summed E-state index contributed by atoms with van der Waals surface area (Å²) in [7, 11) is 0. The van der Waals surface area contributed by atoms with E-state index in [9.17, 15) is 4.79 Å². The quantitative estimate of drug-likeness (QED) is 0.772. The van der Waals surface area contributed by atoms with Crippen LogP contribution in [-0.4, -0.2) is 23.1 Å². The molecule has 1 heterocycles. The van der Waals surface area contributed by atoms with E-state index in [2.05, 4.69) is 30.3 Å². The molecule has 0 bridgehead atoms. The zero-order valence-corrected chi connectivity index (χ0v) is 14.0. The number of fused-ring (bicyclic) bond motifs is 1. The van der Waals surface area contributed by atoms with Crippen molar-refractivity contribution >= 4 is 6.09 Å². The summed E-state index contributed by atoms with van der Waals surface area (Å²) in [5.74, 6) is 0. The molecule has 23 heavy (non-hydrogen) atoms. The Morgan fingerprint density at radius 3 is 2.39 bits per heavy atom. The lowest BCUT2D eigenvalue weighted by molar-refractivity contribution is 0.0178. The monoisotopic (exact) mass is 309 g/mol. The van der Waals surface area contributed by atoms with E-state index in [1.54, 1.807) is 0 Å². The fourth-order valence-corrected chi connectivity index (χ4v) is 3.08. The van der Waals surface area contributed by atoms with Gasteiger partial charge in [0.1, 0.15) is 5.60 Å². The highest BCUT2D eigenvalue weighted by Gasteiger charge is 2.34. The molecule has 0 radical (unpaired) electrons. The van der Waals surface area contributed by atoms with Crippen molar-refractivity contribution in [3.05, 3.63) is 71.3 Å². The summed E-state index contributed by atoms with van der Waals surface area (Å²) in [6.45, 7) is 6.38. The Balaban J connectivity index is 2.01. The predicted octanol–water partition coefficient (Wildman–Crippen LogP) is 4.57. The van der Waals surface area contributed by atoms with Crippen LogP contribution in [0.3, 0.4) is 0 Å². The first-order chi connectivity index (χ1) is 11.0. The van der Waals surface area contributed by atoms with Gasteiger partial charge in [-0.25, -0.2) is 4.79 Å². The number of hydrogen-bond donors (Lipinski definition) is 0. The van der Waals surface area contributed by atoms with E-state index in [4.69, 9.17) is 4.74 Å². The van der Waals surface area contributed by atoms with Crippen LogP contribution in [0, 0.1) is 0 Å². The van der Waals surface area contributed by atoms with Crippen LogP contribution >= 0.6 is 0 Å². The maximum Gasteiger partial charge on any atom is 0.411 e. The van der Waals surface area contributed by atoms with Gasteiger partial charge >= 0.3 is 6.09 Å². The van der Waals surface area contributed by atoms with Crippen molar-refractivity contribution in [2.75, 3.05) is 6.54 Å². The normalized spacial score (nSPS) is 17.5. The lowest BCUT2D eigenvalue weighted by atomic mass is 9.88. The summed E-state index contributed by atoms with van der Waals surface area (Å²) in [4.78, 5) is 14.6. The smallest absolute Gasteiger partial charge is 0.411 e. The van der Waals surface area contributed by atoms with Crippen molar-refractivity contribution in [1.82, 2.24) is 4.90 Å². The van der Waals surface area contributed by atoms with Crippen molar-refractivity contribution < 1.29 is 9.53 Å². The van der Waals surface area contributed by atoms with Crippen LogP contribution in [0.4, 0.5) is 4.79 Å². The first-order valence-corrected chi connectivity index (χ1v) is 8.08.